The second kappa shape index (κ2) is 11.4. The van der Waals surface area contributed by atoms with Gasteiger partial charge in [0.25, 0.3) is 0 Å². The van der Waals surface area contributed by atoms with Crippen molar-refractivity contribution in [3.8, 4) is 28.7 Å². The predicted molar refractivity (Wildman–Crippen MR) is 141 cm³/mol. The number of rotatable bonds is 8. The molecule has 0 bridgehead atoms. The van der Waals surface area contributed by atoms with Crippen molar-refractivity contribution in [1.29, 1.82) is 0 Å². The number of carbonyl (C=O) groups is 1. The molecular formula is C30H36O6. The molecule has 0 saturated heterocycles. The SMILES string of the molecule is CC(C)=CCCC(C)=CCc1c([C@@H]2CC(=O)c3c(cc(O)c(CC=C(C)C)c3O)O2)ccc(O)c1O. The Morgan fingerprint density at radius 2 is 1.56 bits per heavy atom. The molecule has 0 fully saturated rings. The maximum atomic E-state index is 13.1. The minimum Gasteiger partial charge on any atom is -0.507 e. The number of allylic oxidation sites excluding steroid dienone is 6. The minimum atomic E-state index is -0.742. The fraction of sp³-hybridized carbons (Fsp3) is 0.367. The third-order valence-corrected chi connectivity index (χ3v) is 6.37. The molecule has 1 heterocycles. The number of aromatic hydroxyl groups is 4. The summed E-state index contributed by atoms with van der Waals surface area (Å²) in [5.74, 6) is -1.13. The van der Waals surface area contributed by atoms with Crippen LogP contribution in [0.3, 0.4) is 0 Å². The van der Waals surface area contributed by atoms with E-state index in [1.807, 2.05) is 32.9 Å². The zero-order valence-electron chi connectivity index (χ0n) is 21.7. The van der Waals surface area contributed by atoms with Crippen LogP contribution in [0.5, 0.6) is 28.7 Å². The van der Waals surface area contributed by atoms with Gasteiger partial charge in [-0.05, 0) is 66.4 Å². The van der Waals surface area contributed by atoms with Gasteiger partial charge in [0.2, 0.25) is 0 Å². The molecule has 2 aromatic carbocycles. The molecule has 2 aromatic rings. The number of Topliss-reactive ketones (excluding diaryl/α,β-unsaturated/α-hetero) is 1. The molecular weight excluding hydrogens is 456 g/mol. The second-order valence-corrected chi connectivity index (χ2v) is 9.89. The molecule has 192 valence electrons. The molecule has 1 aliphatic rings. The Morgan fingerprint density at radius 1 is 0.889 bits per heavy atom. The molecule has 0 radical (unpaired) electrons. The average Bonchev–Trinajstić information content (AvgIpc) is 2.78. The van der Waals surface area contributed by atoms with Gasteiger partial charge in [-0.2, -0.15) is 0 Å². The van der Waals surface area contributed by atoms with Gasteiger partial charge in [-0.1, -0.05) is 41.0 Å². The van der Waals surface area contributed by atoms with E-state index in [0.717, 1.165) is 24.0 Å². The van der Waals surface area contributed by atoms with E-state index in [-0.39, 0.29) is 52.1 Å². The summed E-state index contributed by atoms with van der Waals surface area (Å²) >= 11 is 0. The van der Waals surface area contributed by atoms with Crippen LogP contribution in [-0.2, 0) is 12.8 Å². The van der Waals surface area contributed by atoms with E-state index in [1.165, 1.54) is 17.7 Å². The largest absolute Gasteiger partial charge is 0.507 e. The van der Waals surface area contributed by atoms with Crippen LogP contribution in [0.1, 0.15) is 87.0 Å². The minimum absolute atomic E-state index is 0.0477. The normalized spacial score (nSPS) is 15.2. The van der Waals surface area contributed by atoms with Crippen LogP contribution in [0, 0.1) is 0 Å². The number of fused-ring (bicyclic) bond motifs is 1. The molecule has 1 aliphatic heterocycles. The molecule has 36 heavy (non-hydrogen) atoms. The molecule has 0 saturated carbocycles. The molecule has 6 nitrogen and oxygen atoms in total. The first kappa shape index (κ1) is 26.9. The number of ether oxygens (including phenoxy) is 1. The summed E-state index contributed by atoms with van der Waals surface area (Å²) in [6, 6.07) is 4.38. The molecule has 4 N–H and O–H groups in total. The van der Waals surface area contributed by atoms with Gasteiger partial charge < -0.3 is 25.2 Å². The number of phenols is 4. The van der Waals surface area contributed by atoms with Crippen LogP contribution in [-0.4, -0.2) is 26.2 Å². The third-order valence-electron chi connectivity index (χ3n) is 6.37. The van der Waals surface area contributed by atoms with Crippen molar-refractivity contribution in [2.24, 2.45) is 0 Å². The van der Waals surface area contributed by atoms with E-state index in [4.69, 9.17) is 4.74 Å². The molecule has 1 atom stereocenters. The Labute approximate surface area is 212 Å². The van der Waals surface area contributed by atoms with Gasteiger partial charge in [-0.3, -0.25) is 4.79 Å². The van der Waals surface area contributed by atoms with Crippen molar-refractivity contribution in [2.45, 2.75) is 72.8 Å². The summed E-state index contributed by atoms with van der Waals surface area (Å²) in [6.07, 6.45) is 7.68. The van der Waals surface area contributed by atoms with Crippen LogP contribution < -0.4 is 4.74 Å². The molecule has 0 unspecified atom stereocenters. The highest BCUT2D eigenvalue weighted by molar-refractivity contribution is 6.03. The van der Waals surface area contributed by atoms with Gasteiger partial charge >= 0.3 is 0 Å². The van der Waals surface area contributed by atoms with Crippen LogP contribution in [0.25, 0.3) is 0 Å². The lowest BCUT2D eigenvalue weighted by atomic mass is 9.89. The van der Waals surface area contributed by atoms with Gasteiger partial charge in [0.1, 0.15) is 28.9 Å². The van der Waals surface area contributed by atoms with Crippen LogP contribution >= 0.6 is 0 Å². The first-order valence-corrected chi connectivity index (χ1v) is 12.2. The highest BCUT2D eigenvalue weighted by Gasteiger charge is 2.34. The number of hydrogen-bond acceptors (Lipinski definition) is 6. The highest BCUT2D eigenvalue weighted by atomic mass is 16.5. The van der Waals surface area contributed by atoms with Crippen LogP contribution in [0.4, 0.5) is 0 Å². The predicted octanol–water partition coefficient (Wildman–Crippen LogP) is 6.96. The molecule has 0 aromatic heterocycles. The van der Waals surface area contributed by atoms with Crippen molar-refractivity contribution in [3.05, 3.63) is 75.4 Å². The van der Waals surface area contributed by atoms with Gasteiger partial charge in [0.05, 0.1) is 6.42 Å². The lowest BCUT2D eigenvalue weighted by molar-refractivity contribution is 0.0843. The fourth-order valence-corrected chi connectivity index (χ4v) is 4.30. The Hall–Kier alpha value is -3.67. The fourth-order valence-electron chi connectivity index (χ4n) is 4.30. The number of benzene rings is 2. The lowest BCUT2D eigenvalue weighted by Crippen LogP contribution is -2.22. The molecule has 0 spiro atoms. The molecule has 6 heteroatoms. The van der Waals surface area contributed by atoms with E-state index in [0.29, 0.717) is 24.0 Å². The van der Waals surface area contributed by atoms with Crippen molar-refractivity contribution in [2.75, 3.05) is 0 Å². The standard InChI is InChI=1S/C30H36O6/c1-17(2)7-6-8-19(5)10-12-21-20(13-14-23(31)29(21)34)26-16-25(33)28-27(36-26)15-24(32)22(30(28)35)11-9-18(3)4/h7,9-10,13-15,26,31-32,34-35H,6,8,11-12,16H2,1-5H3/t26-/m0/s1. The summed E-state index contributed by atoms with van der Waals surface area (Å²) in [4.78, 5) is 13.1. The summed E-state index contributed by atoms with van der Waals surface area (Å²) in [5, 5.41) is 42.1. The Morgan fingerprint density at radius 3 is 2.22 bits per heavy atom. The van der Waals surface area contributed by atoms with E-state index in [2.05, 4.69) is 19.9 Å². The van der Waals surface area contributed by atoms with Gasteiger partial charge in [0, 0.05) is 22.8 Å². The van der Waals surface area contributed by atoms with Crippen molar-refractivity contribution in [3.63, 3.8) is 0 Å². The second-order valence-electron chi connectivity index (χ2n) is 9.89. The van der Waals surface area contributed by atoms with Crippen molar-refractivity contribution < 1.29 is 30.0 Å². The zero-order chi connectivity index (χ0) is 26.6. The number of ketones is 1. The van der Waals surface area contributed by atoms with Crippen molar-refractivity contribution in [1.82, 2.24) is 0 Å². The van der Waals surface area contributed by atoms with E-state index >= 15 is 0 Å². The number of hydrogen-bond donors (Lipinski definition) is 4. The quantitative estimate of drug-likeness (QED) is 0.234. The summed E-state index contributed by atoms with van der Waals surface area (Å²) < 4.78 is 6.09. The van der Waals surface area contributed by atoms with Gasteiger partial charge in [-0.25, -0.2) is 0 Å². The molecule has 0 aliphatic carbocycles. The smallest absolute Gasteiger partial charge is 0.174 e. The number of carbonyl (C=O) groups excluding carboxylic acids is 1. The summed E-state index contributed by atoms with van der Waals surface area (Å²) in [5.41, 5.74) is 4.82. The third kappa shape index (κ3) is 6.11. The first-order chi connectivity index (χ1) is 17.0. The van der Waals surface area contributed by atoms with Crippen LogP contribution in [0.15, 0.2) is 53.1 Å². The maximum Gasteiger partial charge on any atom is 0.174 e. The zero-order valence-corrected chi connectivity index (χ0v) is 21.7. The monoisotopic (exact) mass is 492 g/mol. The highest BCUT2D eigenvalue weighted by Crippen LogP contribution is 2.46. The summed E-state index contributed by atoms with van der Waals surface area (Å²) in [6.45, 7) is 9.96. The van der Waals surface area contributed by atoms with E-state index in [9.17, 15) is 25.2 Å². The molecule has 0 amide bonds. The lowest BCUT2D eigenvalue weighted by Gasteiger charge is -2.28. The summed E-state index contributed by atoms with van der Waals surface area (Å²) in [7, 11) is 0. The first-order valence-electron chi connectivity index (χ1n) is 12.2. The topological polar surface area (TPSA) is 107 Å². The van der Waals surface area contributed by atoms with Crippen molar-refractivity contribution >= 4 is 5.78 Å². The van der Waals surface area contributed by atoms with Gasteiger partial charge in [0.15, 0.2) is 17.3 Å². The van der Waals surface area contributed by atoms with Crippen LogP contribution in [0.2, 0.25) is 0 Å². The Balaban J connectivity index is 1.94. The maximum absolute atomic E-state index is 13.1. The molecule has 3 rings (SSSR count). The average molecular weight is 493 g/mol. The van der Waals surface area contributed by atoms with E-state index in [1.54, 1.807) is 6.07 Å². The van der Waals surface area contributed by atoms with Gasteiger partial charge in [-0.15, -0.1) is 0 Å². The Kier molecular flexibility index (Phi) is 8.51. The Bertz CT molecular complexity index is 1240. The van der Waals surface area contributed by atoms with E-state index < -0.39 is 6.10 Å². The number of phenolic OH excluding ortho intramolecular Hbond substituents is 4.